The molecule has 1 aromatic rings. The van der Waals surface area contributed by atoms with Crippen molar-refractivity contribution in [2.45, 2.75) is 18.4 Å². The standard InChI is InChI=1S/C13H13Cl2NO2/c14-10-3-8(4-11(15)5-10)12(17)16-6-13(18,7-16)9-1-2-9/h3-5,9,18H,1-2,6-7H2. The summed E-state index contributed by atoms with van der Waals surface area (Å²) in [5.74, 6) is 0.259. The molecule has 0 bridgehead atoms. The number of β-amino-alcohol motifs (C(OH)–C–C–N with tert-alkyl or cyclic N) is 1. The molecule has 0 unspecified atom stereocenters. The first kappa shape index (κ1) is 12.3. The minimum absolute atomic E-state index is 0.121. The Morgan fingerprint density at radius 3 is 2.28 bits per heavy atom. The van der Waals surface area contributed by atoms with E-state index in [2.05, 4.69) is 0 Å². The lowest BCUT2D eigenvalue weighted by molar-refractivity contribution is -0.0958. The first-order valence-corrected chi connectivity index (χ1v) is 6.71. The summed E-state index contributed by atoms with van der Waals surface area (Å²) < 4.78 is 0. The Kier molecular flexibility index (Phi) is 2.81. The van der Waals surface area contributed by atoms with E-state index in [0.29, 0.717) is 34.6 Å². The van der Waals surface area contributed by atoms with Crippen molar-refractivity contribution >= 4 is 29.1 Å². The number of amides is 1. The lowest BCUT2D eigenvalue weighted by Gasteiger charge is -2.47. The highest BCUT2D eigenvalue weighted by Crippen LogP contribution is 2.44. The third kappa shape index (κ3) is 2.11. The zero-order chi connectivity index (χ0) is 12.9. The molecule has 1 amide bonds. The van der Waals surface area contributed by atoms with Crippen LogP contribution in [0.5, 0.6) is 0 Å². The van der Waals surface area contributed by atoms with Gasteiger partial charge in [0.05, 0.1) is 13.1 Å². The fraction of sp³-hybridized carbons (Fsp3) is 0.462. The van der Waals surface area contributed by atoms with Crippen LogP contribution in [0, 0.1) is 5.92 Å². The van der Waals surface area contributed by atoms with E-state index in [0.717, 1.165) is 12.8 Å². The molecule has 3 nitrogen and oxygen atoms in total. The molecule has 0 aromatic heterocycles. The number of carbonyl (C=O) groups excluding carboxylic acids is 1. The number of benzene rings is 1. The normalized spacial score (nSPS) is 21.6. The molecule has 1 aromatic carbocycles. The third-order valence-electron chi connectivity index (χ3n) is 3.66. The summed E-state index contributed by atoms with van der Waals surface area (Å²) >= 11 is 11.7. The third-order valence-corrected chi connectivity index (χ3v) is 4.10. The van der Waals surface area contributed by atoms with Gasteiger partial charge in [-0.15, -0.1) is 0 Å². The van der Waals surface area contributed by atoms with Crippen molar-refractivity contribution in [2.24, 2.45) is 5.92 Å². The Morgan fingerprint density at radius 2 is 1.78 bits per heavy atom. The van der Waals surface area contributed by atoms with Crippen LogP contribution in [0.25, 0.3) is 0 Å². The van der Waals surface area contributed by atoms with Crippen LogP contribution >= 0.6 is 23.2 Å². The van der Waals surface area contributed by atoms with Crippen molar-refractivity contribution < 1.29 is 9.90 Å². The topological polar surface area (TPSA) is 40.5 Å². The molecule has 1 saturated heterocycles. The molecular formula is C13H13Cl2NO2. The van der Waals surface area contributed by atoms with Gasteiger partial charge in [-0.05, 0) is 37.0 Å². The fourth-order valence-corrected chi connectivity index (χ4v) is 3.02. The second kappa shape index (κ2) is 4.12. The predicted molar refractivity (Wildman–Crippen MR) is 70.0 cm³/mol. The molecule has 0 atom stereocenters. The largest absolute Gasteiger partial charge is 0.386 e. The second-order valence-electron chi connectivity index (χ2n) is 5.20. The first-order chi connectivity index (χ1) is 8.48. The van der Waals surface area contributed by atoms with Crippen LogP contribution in [0.4, 0.5) is 0 Å². The van der Waals surface area contributed by atoms with Gasteiger partial charge in [0.1, 0.15) is 5.60 Å². The minimum atomic E-state index is -0.655. The molecule has 1 saturated carbocycles. The Hall–Kier alpha value is -0.770. The van der Waals surface area contributed by atoms with Crippen LogP contribution in [0.2, 0.25) is 10.0 Å². The van der Waals surface area contributed by atoms with Gasteiger partial charge in [-0.3, -0.25) is 4.79 Å². The van der Waals surface area contributed by atoms with Crippen LogP contribution < -0.4 is 0 Å². The number of hydrogen-bond acceptors (Lipinski definition) is 2. The smallest absolute Gasteiger partial charge is 0.254 e. The van der Waals surface area contributed by atoms with E-state index in [4.69, 9.17) is 23.2 Å². The lowest BCUT2D eigenvalue weighted by Crippen LogP contribution is -2.64. The number of halogens is 2. The maximum atomic E-state index is 12.2. The highest BCUT2D eigenvalue weighted by Gasteiger charge is 2.53. The molecule has 1 heterocycles. The van der Waals surface area contributed by atoms with Crippen molar-refractivity contribution in [1.82, 2.24) is 4.90 Å². The van der Waals surface area contributed by atoms with Crippen molar-refractivity contribution in [1.29, 1.82) is 0 Å². The van der Waals surface area contributed by atoms with Gasteiger partial charge in [0.15, 0.2) is 0 Å². The summed E-state index contributed by atoms with van der Waals surface area (Å²) in [6, 6.07) is 4.80. The Labute approximate surface area is 115 Å². The molecule has 5 heteroatoms. The van der Waals surface area contributed by atoms with Gasteiger partial charge < -0.3 is 10.0 Å². The Balaban J connectivity index is 1.72. The van der Waals surface area contributed by atoms with Gasteiger partial charge in [-0.25, -0.2) is 0 Å². The molecule has 0 radical (unpaired) electrons. The highest BCUT2D eigenvalue weighted by molar-refractivity contribution is 6.35. The van der Waals surface area contributed by atoms with Crippen molar-refractivity contribution in [3.8, 4) is 0 Å². The molecule has 1 aliphatic carbocycles. The SMILES string of the molecule is O=C(c1cc(Cl)cc(Cl)c1)N1CC(O)(C2CC2)C1. The van der Waals surface area contributed by atoms with Gasteiger partial charge in [0.2, 0.25) is 0 Å². The zero-order valence-electron chi connectivity index (χ0n) is 9.70. The molecule has 1 aliphatic heterocycles. The maximum absolute atomic E-state index is 12.2. The maximum Gasteiger partial charge on any atom is 0.254 e. The van der Waals surface area contributed by atoms with Gasteiger partial charge in [-0.1, -0.05) is 23.2 Å². The molecule has 2 fully saturated rings. The predicted octanol–water partition coefficient (Wildman–Crippen LogP) is 2.59. The number of likely N-dealkylation sites (tertiary alicyclic amines) is 1. The average molecular weight is 286 g/mol. The lowest BCUT2D eigenvalue weighted by atomic mass is 9.88. The van der Waals surface area contributed by atoms with Gasteiger partial charge >= 0.3 is 0 Å². The fourth-order valence-electron chi connectivity index (χ4n) is 2.50. The van der Waals surface area contributed by atoms with E-state index in [1.54, 1.807) is 23.1 Å². The van der Waals surface area contributed by atoms with Crippen molar-refractivity contribution in [3.05, 3.63) is 33.8 Å². The van der Waals surface area contributed by atoms with Crippen LogP contribution in [0.1, 0.15) is 23.2 Å². The first-order valence-electron chi connectivity index (χ1n) is 5.96. The van der Waals surface area contributed by atoms with Crippen molar-refractivity contribution in [3.63, 3.8) is 0 Å². The molecule has 3 rings (SSSR count). The summed E-state index contributed by atoms with van der Waals surface area (Å²) in [5, 5.41) is 11.1. The molecule has 18 heavy (non-hydrogen) atoms. The quantitative estimate of drug-likeness (QED) is 0.907. The van der Waals surface area contributed by atoms with Gasteiger partial charge in [0, 0.05) is 15.6 Å². The number of carbonyl (C=O) groups is 1. The van der Waals surface area contributed by atoms with E-state index in [9.17, 15) is 9.90 Å². The van der Waals surface area contributed by atoms with Crippen molar-refractivity contribution in [2.75, 3.05) is 13.1 Å². The average Bonchev–Trinajstić information content (AvgIpc) is 3.06. The van der Waals surface area contributed by atoms with Crippen LogP contribution in [0.3, 0.4) is 0 Å². The number of aliphatic hydroxyl groups is 1. The van der Waals surface area contributed by atoms with Crippen LogP contribution in [-0.4, -0.2) is 34.6 Å². The van der Waals surface area contributed by atoms with E-state index in [1.807, 2.05) is 0 Å². The Bertz CT molecular complexity index is 487. The van der Waals surface area contributed by atoms with E-state index in [1.165, 1.54) is 0 Å². The Morgan fingerprint density at radius 1 is 1.22 bits per heavy atom. The van der Waals surface area contributed by atoms with Crippen LogP contribution in [-0.2, 0) is 0 Å². The molecule has 2 aliphatic rings. The summed E-state index contributed by atoms with van der Waals surface area (Å²) in [6.45, 7) is 0.835. The summed E-state index contributed by atoms with van der Waals surface area (Å²) in [4.78, 5) is 13.8. The molecule has 96 valence electrons. The zero-order valence-corrected chi connectivity index (χ0v) is 11.2. The monoisotopic (exact) mass is 285 g/mol. The van der Waals surface area contributed by atoms with E-state index >= 15 is 0 Å². The van der Waals surface area contributed by atoms with Gasteiger partial charge in [-0.2, -0.15) is 0 Å². The summed E-state index contributed by atoms with van der Waals surface area (Å²) in [7, 11) is 0. The molecule has 0 spiro atoms. The number of rotatable bonds is 2. The highest BCUT2D eigenvalue weighted by atomic mass is 35.5. The van der Waals surface area contributed by atoms with E-state index in [-0.39, 0.29) is 5.91 Å². The molecule has 1 N–H and O–H groups in total. The summed E-state index contributed by atoms with van der Waals surface area (Å²) in [5.41, 5.74) is -0.178. The van der Waals surface area contributed by atoms with E-state index < -0.39 is 5.60 Å². The number of nitrogens with zero attached hydrogens (tertiary/aromatic N) is 1. The number of hydrogen-bond donors (Lipinski definition) is 1. The molecular weight excluding hydrogens is 273 g/mol. The van der Waals surface area contributed by atoms with Crippen LogP contribution in [0.15, 0.2) is 18.2 Å². The van der Waals surface area contributed by atoms with Gasteiger partial charge in [0.25, 0.3) is 5.91 Å². The second-order valence-corrected chi connectivity index (χ2v) is 6.07. The minimum Gasteiger partial charge on any atom is -0.386 e. The summed E-state index contributed by atoms with van der Waals surface area (Å²) in [6.07, 6.45) is 2.14.